The van der Waals surface area contributed by atoms with Gasteiger partial charge < -0.3 is 15.3 Å². The monoisotopic (exact) mass is 318 g/mol. The van der Waals surface area contributed by atoms with Gasteiger partial charge in [0.15, 0.2) is 0 Å². The molecule has 2 amide bonds. The molecule has 0 aromatic heterocycles. The maximum absolute atomic E-state index is 12.0. The first-order valence-corrected chi connectivity index (χ1v) is 9.03. The van der Waals surface area contributed by atoms with Gasteiger partial charge in [0, 0.05) is 41.9 Å². The van der Waals surface area contributed by atoms with Crippen LogP contribution in [-0.2, 0) is 15.6 Å². The van der Waals surface area contributed by atoms with Crippen LogP contribution in [0.5, 0.6) is 0 Å². The molecule has 1 heterocycles. The summed E-state index contributed by atoms with van der Waals surface area (Å²) in [4.78, 5) is 25.0. The fourth-order valence-corrected chi connectivity index (χ4v) is 2.97. The summed E-state index contributed by atoms with van der Waals surface area (Å²) in [6, 6.07) is -0.154. The average molecular weight is 318 g/mol. The van der Waals surface area contributed by atoms with Crippen molar-refractivity contribution in [3.63, 3.8) is 0 Å². The van der Waals surface area contributed by atoms with E-state index >= 15 is 0 Å². The third-order valence-electron chi connectivity index (χ3n) is 4.53. The lowest BCUT2D eigenvalue weighted by Crippen LogP contribution is -2.49. The van der Waals surface area contributed by atoms with Crippen LogP contribution in [0.3, 0.4) is 0 Å². The number of likely N-dealkylation sites (tertiary alicyclic amines) is 1. The van der Waals surface area contributed by atoms with Crippen LogP contribution in [-0.4, -0.2) is 57.4 Å². The number of aliphatic carboxylic acids is 1. The van der Waals surface area contributed by atoms with Crippen molar-refractivity contribution in [2.45, 2.75) is 44.8 Å². The molecular formula is C14H26N2O4S. The molecule has 1 aliphatic heterocycles. The van der Waals surface area contributed by atoms with Gasteiger partial charge in [0.1, 0.15) is 0 Å². The predicted molar refractivity (Wildman–Crippen MR) is 82.7 cm³/mol. The van der Waals surface area contributed by atoms with E-state index in [9.17, 15) is 18.9 Å². The number of hydrogen-bond donors (Lipinski definition) is 2. The lowest BCUT2D eigenvalue weighted by Gasteiger charge is -2.38. The summed E-state index contributed by atoms with van der Waals surface area (Å²) in [5.41, 5.74) is -0.676. The van der Waals surface area contributed by atoms with E-state index in [4.69, 9.17) is 0 Å². The number of nitrogens with zero attached hydrogens (tertiary/aromatic N) is 1. The molecule has 1 fully saturated rings. The molecule has 1 aliphatic rings. The number of carboxylic acid groups (broad SMARTS) is 1. The minimum absolute atomic E-state index is 0.0615. The maximum Gasteiger partial charge on any atom is 0.317 e. The molecule has 122 valence electrons. The molecule has 0 saturated carbocycles. The van der Waals surface area contributed by atoms with Crippen molar-refractivity contribution in [2.24, 2.45) is 5.41 Å². The maximum atomic E-state index is 12.0. The SMILES string of the molecule is CCC1(C(=O)O)CCN(C(=O)NCCC(C)S(C)=O)CC1. The highest BCUT2D eigenvalue weighted by molar-refractivity contribution is 7.84. The molecule has 2 N–H and O–H groups in total. The van der Waals surface area contributed by atoms with Crippen LogP contribution in [0.4, 0.5) is 4.79 Å². The summed E-state index contributed by atoms with van der Waals surface area (Å²) in [7, 11) is -0.877. The number of hydrogen-bond acceptors (Lipinski definition) is 3. The topological polar surface area (TPSA) is 86.7 Å². The van der Waals surface area contributed by atoms with Gasteiger partial charge in [-0.05, 0) is 25.7 Å². The van der Waals surface area contributed by atoms with E-state index in [2.05, 4.69) is 5.32 Å². The molecule has 21 heavy (non-hydrogen) atoms. The zero-order chi connectivity index (χ0) is 16.0. The first kappa shape index (κ1) is 17.9. The Labute approximate surface area is 128 Å². The van der Waals surface area contributed by atoms with Crippen molar-refractivity contribution < 1.29 is 18.9 Å². The molecule has 7 heteroatoms. The third kappa shape index (κ3) is 4.69. The molecule has 0 aliphatic carbocycles. The summed E-state index contributed by atoms with van der Waals surface area (Å²) in [5.74, 6) is -0.760. The Morgan fingerprint density at radius 1 is 1.38 bits per heavy atom. The van der Waals surface area contributed by atoms with Gasteiger partial charge in [-0.3, -0.25) is 9.00 Å². The molecule has 6 nitrogen and oxygen atoms in total. The van der Waals surface area contributed by atoms with Gasteiger partial charge in [-0.1, -0.05) is 13.8 Å². The molecular weight excluding hydrogens is 292 g/mol. The Bertz CT molecular complexity index is 406. The van der Waals surface area contributed by atoms with E-state index in [1.807, 2.05) is 13.8 Å². The summed E-state index contributed by atoms with van der Waals surface area (Å²) < 4.78 is 11.2. The number of amides is 2. The van der Waals surface area contributed by atoms with Crippen LogP contribution in [0, 0.1) is 5.41 Å². The first-order valence-electron chi connectivity index (χ1n) is 7.41. The van der Waals surface area contributed by atoms with Gasteiger partial charge >= 0.3 is 12.0 Å². The van der Waals surface area contributed by atoms with Crippen LogP contribution in [0.1, 0.15) is 39.5 Å². The fraction of sp³-hybridized carbons (Fsp3) is 0.857. The molecule has 2 unspecified atom stereocenters. The van der Waals surface area contributed by atoms with Gasteiger partial charge in [-0.2, -0.15) is 0 Å². The Morgan fingerprint density at radius 2 is 1.95 bits per heavy atom. The van der Waals surface area contributed by atoms with Crippen LogP contribution in [0.2, 0.25) is 0 Å². The number of nitrogens with one attached hydrogen (secondary N) is 1. The van der Waals surface area contributed by atoms with Crippen LogP contribution in [0.15, 0.2) is 0 Å². The Balaban J connectivity index is 2.38. The predicted octanol–water partition coefficient (Wildman–Crippen LogP) is 1.43. The van der Waals surface area contributed by atoms with Crippen LogP contribution in [0.25, 0.3) is 0 Å². The van der Waals surface area contributed by atoms with E-state index in [1.54, 1.807) is 11.2 Å². The van der Waals surface area contributed by atoms with Gasteiger partial charge in [-0.25, -0.2) is 4.79 Å². The lowest BCUT2D eigenvalue weighted by molar-refractivity contribution is -0.151. The zero-order valence-electron chi connectivity index (χ0n) is 13.1. The Kier molecular flexibility index (Phi) is 6.64. The number of carbonyl (C=O) groups excluding carboxylic acids is 1. The Morgan fingerprint density at radius 3 is 2.38 bits per heavy atom. The second-order valence-corrected chi connectivity index (χ2v) is 7.56. The molecule has 1 saturated heterocycles. The first-order chi connectivity index (χ1) is 9.82. The third-order valence-corrected chi connectivity index (χ3v) is 5.90. The normalized spacial score (nSPS) is 20.6. The van der Waals surface area contributed by atoms with E-state index in [-0.39, 0.29) is 11.3 Å². The Hall–Kier alpha value is -1.11. The van der Waals surface area contributed by atoms with Crippen molar-refractivity contribution in [3.05, 3.63) is 0 Å². The molecule has 2 atom stereocenters. The standard InChI is InChI=1S/C14H26N2O4S/c1-4-14(12(17)18)6-9-16(10-7-14)13(19)15-8-5-11(2)21(3)20/h11H,4-10H2,1-3H3,(H,15,19)(H,17,18). The van der Waals surface area contributed by atoms with Crippen molar-refractivity contribution in [1.82, 2.24) is 10.2 Å². The van der Waals surface area contributed by atoms with E-state index in [0.717, 1.165) is 0 Å². The summed E-state index contributed by atoms with van der Waals surface area (Å²) >= 11 is 0. The number of carbonyl (C=O) groups is 2. The smallest absolute Gasteiger partial charge is 0.317 e. The minimum Gasteiger partial charge on any atom is -0.481 e. The largest absolute Gasteiger partial charge is 0.481 e. The zero-order valence-corrected chi connectivity index (χ0v) is 13.9. The summed E-state index contributed by atoms with van der Waals surface area (Å²) in [6.45, 7) is 5.22. The van der Waals surface area contributed by atoms with Gasteiger partial charge in [-0.15, -0.1) is 0 Å². The van der Waals surface area contributed by atoms with Crippen molar-refractivity contribution in [2.75, 3.05) is 25.9 Å². The highest BCUT2D eigenvalue weighted by atomic mass is 32.2. The second kappa shape index (κ2) is 7.77. The number of piperidine rings is 1. The van der Waals surface area contributed by atoms with E-state index < -0.39 is 22.2 Å². The van der Waals surface area contributed by atoms with E-state index in [0.29, 0.717) is 45.3 Å². The van der Waals surface area contributed by atoms with Crippen LogP contribution < -0.4 is 5.32 Å². The number of rotatable bonds is 6. The van der Waals surface area contributed by atoms with Gasteiger partial charge in [0.25, 0.3) is 0 Å². The molecule has 1 rings (SSSR count). The summed E-state index contributed by atoms with van der Waals surface area (Å²) in [6.07, 6.45) is 3.94. The summed E-state index contributed by atoms with van der Waals surface area (Å²) in [5, 5.41) is 12.2. The molecule has 0 radical (unpaired) electrons. The number of urea groups is 1. The average Bonchev–Trinajstić information content (AvgIpc) is 2.46. The number of carboxylic acids is 1. The van der Waals surface area contributed by atoms with Crippen molar-refractivity contribution in [3.8, 4) is 0 Å². The van der Waals surface area contributed by atoms with Gasteiger partial charge in [0.05, 0.1) is 5.41 Å². The molecule has 0 spiro atoms. The minimum atomic E-state index is -0.877. The van der Waals surface area contributed by atoms with Crippen molar-refractivity contribution in [1.29, 1.82) is 0 Å². The molecule has 0 aromatic rings. The highest BCUT2D eigenvalue weighted by Crippen LogP contribution is 2.35. The quantitative estimate of drug-likeness (QED) is 0.775. The molecule has 0 aromatic carbocycles. The van der Waals surface area contributed by atoms with Crippen LogP contribution >= 0.6 is 0 Å². The fourth-order valence-electron chi connectivity index (χ4n) is 2.52. The lowest BCUT2D eigenvalue weighted by atomic mass is 9.76. The second-order valence-electron chi connectivity index (χ2n) is 5.76. The van der Waals surface area contributed by atoms with E-state index in [1.165, 1.54) is 0 Å². The molecule has 0 bridgehead atoms. The van der Waals surface area contributed by atoms with Gasteiger partial charge in [0.2, 0.25) is 0 Å². The highest BCUT2D eigenvalue weighted by Gasteiger charge is 2.40. The van der Waals surface area contributed by atoms with Crippen molar-refractivity contribution >= 4 is 22.8 Å².